The van der Waals surface area contributed by atoms with Crippen molar-refractivity contribution in [2.45, 2.75) is 50.9 Å². The van der Waals surface area contributed by atoms with Crippen molar-refractivity contribution in [1.29, 1.82) is 0 Å². The molecule has 1 aromatic heterocycles. The number of esters is 1. The number of carbonyl (C=O) groups is 1. The molecule has 0 amide bonds. The zero-order chi connectivity index (χ0) is 21.5. The van der Waals surface area contributed by atoms with Crippen LogP contribution in [0.15, 0.2) is 41.8 Å². The Morgan fingerprint density at radius 1 is 1.43 bits per heavy atom. The van der Waals surface area contributed by atoms with Crippen LogP contribution in [0.2, 0.25) is 0 Å². The van der Waals surface area contributed by atoms with E-state index in [1.165, 1.54) is 22.5 Å². The minimum Gasteiger partial charge on any atom is -0.493 e. The lowest BCUT2D eigenvalue weighted by Crippen LogP contribution is -2.42. The summed E-state index contributed by atoms with van der Waals surface area (Å²) in [5.74, 6) is 1.28. The van der Waals surface area contributed by atoms with Gasteiger partial charge in [-0.15, -0.1) is 11.3 Å². The van der Waals surface area contributed by atoms with Gasteiger partial charge in [0.05, 0.1) is 12.5 Å². The lowest BCUT2D eigenvalue weighted by Gasteiger charge is -2.36. The van der Waals surface area contributed by atoms with Crippen molar-refractivity contribution in [3.8, 4) is 11.5 Å². The fourth-order valence-corrected chi connectivity index (χ4v) is 5.47. The van der Waals surface area contributed by atoms with E-state index in [2.05, 4.69) is 31.5 Å². The van der Waals surface area contributed by atoms with Gasteiger partial charge in [-0.3, -0.25) is 0 Å². The van der Waals surface area contributed by atoms with E-state index in [1.54, 1.807) is 13.2 Å². The maximum absolute atomic E-state index is 12.4. The van der Waals surface area contributed by atoms with Crippen LogP contribution in [0, 0.1) is 0 Å². The van der Waals surface area contributed by atoms with Gasteiger partial charge in [-0.2, -0.15) is 0 Å². The van der Waals surface area contributed by atoms with Crippen molar-refractivity contribution in [2.75, 3.05) is 20.7 Å². The molecule has 1 aromatic carbocycles. The molecule has 30 heavy (non-hydrogen) atoms. The number of rotatable bonds is 6. The van der Waals surface area contributed by atoms with E-state index in [-0.39, 0.29) is 23.6 Å². The van der Waals surface area contributed by atoms with Crippen LogP contribution in [0.25, 0.3) is 0 Å². The van der Waals surface area contributed by atoms with Crippen LogP contribution in [0.1, 0.15) is 47.5 Å². The summed E-state index contributed by atoms with van der Waals surface area (Å²) in [5.41, 5.74) is 3.20. The Kier molecular flexibility index (Phi) is 5.64. The van der Waals surface area contributed by atoms with Crippen molar-refractivity contribution < 1.29 is 19.0 Å². The zero-order valence-electron chi connectivity index (χ0n) is 18.1. The number of hydrogen-bond donors (Lipinski definition) is 0. The second kappa shape index (κ2) is 8.08. The molecular formula is C24H29NO4S. The molecule has 4 rings (SSSR count). The van der Waals surface area contributed by atoms with Crippen LogP contribution in [0.4, 0.5) is 0 Å². The van der Waals surface area contributed by atoms with Crippen molar-refractivity contribution >= 4 is 17.3 Å². The molecule has 0 spiro atoms. The van der Waals surface area contributed by atoms with Gasteiger partial charge in [-0.05, 0) is 56.9 Å². The van der Waals surface area contributed by atoms with Gasteiger partial charge < -0.3 is 19.1 Å². The Morgan fingerprint density at radius 2 is 2.23 bits per heavy atom. The Morgan fingerprint density at radius 3 is 2.90 bits per heavy atom. The number of methoxy groups -OCH3 is 1. The first-order chi connectivity index (χ1) is 14.4. The van der Waals surface area contributed by atoms with Gasteiger partial charge in [0, 0.05) is 18.5 Å². The molecule has 3 atom stereocenters. The summed E-state index contributed by atoms with van der Waals surface area (Å²) < 4.78 is 17.9. The zero-order valence-corrected chi connectivity index (χ0v) is 18.9. The predicted molar refractivity (Wildman–Crippen MR) is 119 cm³/mol. The number of carbonyl (C=O) groups excluding carboxylic acids is 1. The van der Waals surface area contributed by atoms with Crippen molar-refractivity contribution in [1.82, 2.24) is 4.90 Å². The highest BCUT2D eigenvalue weighted by molar-refractivity contribution is 7.11. The van der Waals surface area contributed by atoms with E-state index in [4.69, 9.17) is 14.2 Å². The molecule has 0 bridgehead atoms. The van der Waals surface area contributed by atoms with E-state index in [9.17, 15) is 4.79 Å². The molecular weight excluding hydrogens is 398 g/mol. The van der Waals surface area contributed by atoms with Crippen LogP contribution in [-0.2, 0) is 16.7 Å². The Labute approximate surface area is 182 Å². The summed E-state index contributed by atoms with van der Waals surface area (Å²) in [6.45, 7) is 10.2. The first-order valence-electron chi connectivity index (χ1n) is 10.3. The number of benzene rings is 1. The smallest absolute Gasteiger partial charge is 0.348 e. The van der Waals surface area contributed by atoms with Crippen LogP contribution in [-0.4, -0.2) is 43.8 Å². The third-order valence-corrected chi connectivity index (χ3v) is 7.20. The van der Waals surface area contributed by atoms with E-state index in [0.29, 0.717) is 11.3 Å². The van der Waals surface area contributed by atoms with Crippen molar-refractivity contribution in [2.24, 2.45) is 0 Å². The van der Waals surface area contributed by atoms with E-state index >= 15 is 0 Å². The fraction of sp³-hybridized carbons (Fsp3) is 0.458. The molecule has 3 heterocycles. The fourth-order valence-electron chi connectivity index (χ4n) is 4.87. The molecule has 6 heteroatoms. The minimum atomic E-state index is -0.326. The molecule has 1 unspecified atom stereocenters. The molecule has 0 fully saturated rings. The quantitative estimate of drug-likeness (QED) is 0.489. The summed E-state index contributed by atoms with van der Waals surface area (Å²) >= 11 is 1.39. The average molecular weight is 428 g/mol. The van der Waals surface area contributed by atoms with Crippen LogP contribution in [0.3, 0.4) is 0 Å². The van der Waals surface area contributed by atoms with Gasteiger partial charge >= 0.3 is 5.97 Å². The number of hydrogen-bond acceptors (Lipinski definition) is 6. The van der Waals surface area contributed by atoms with Gasteiger partial charge in [0.1, 0.15) is 17.1 Å². The lowest BCUT2D eigenvalue weighted by molar-refractivity contribution is 0.0185. The van der Waals surface area contributed by atoms with E-state index < -0.39 is 0 Å². The SMILES string of the molecule is C=C(C)[C@@]12CCN(C)Cc3ccc(OC)c(c31)OC2C[C@H](C)OC(=O)c1cccs1. The number of thiophene rings is 1. The molecule has 2 aliphatic rings. The molecule has 0 N–H and O–H groups in total. The third kappa shape index (κ3) is 3.42. The highest BCUT2D eigenvalue weighted by Gasteiger charge is 2.53. The molecule has 2 aliphatic heterocycles. The monoisotopic (exact) mass is 427 g/mol. The molecule has 2 aromatic rings. The first kappa shape index (κ1) is 20.9. The summed E-state index contributed by atoms with van der Waals surface area (Å²) in [7, 11) is 3.82. The molecule has 160 valence electrons. The maximum atomic E-state index is 12.4. The summed E-state index contributed by atoms with van der Waals surface area (Å²) in [5, 5.41) is 1.88. The molecule has 5 nitrogen and oxygen atoms in total. The molecule has 0 saturated heterocycles. The normalized spacial score (nSPS) is 23.8. The molecule has 0 saturated carbocycles. The second-order valence-corrected chi connectivity index (χ2v) is 9.35. The molecule has 0 radical (unpaired) electrons. The maximum Gasteiger partial charge on any atom is 0.348 e. The largest absolute Gasteiger partial charge is 0.493 e. The Hall–Kier alpha value is -2.31. The standard InChI is InChI=1S/C24H29NO4S/c1-15(2)24-10-11-25(4)14-17-8-9-18(27-5)22(21(17)24)29-20(24)13-16(3)28-23(26)19-7-6-12-30-19/h6-9,12,16,20H,1,10-11,13-14H2,2-5H3/t16-,20?,24+/m0/s1. The highest BCUT2D eigenvalue weighted by Crippen LogP contribution is 2.56. The van der Waals surface area contributed by atoms with E-state index in [0.717, 1.165) is 36.6 Å². The van der Waals surface area contributed by atoms with Gasteiger partial charge in [0.15, 0.2) is 11.5 Å². The Balaban J connectivity index is 1.68. The average Bonchev–Trinajstić information content (AvgIpc) is 3.30. The van der Waals surface area contributed by atoms with E-state index in [1.807, 2.05) is 24.4 Å². The predicted octanol–water partition coefficient (Wildman–Crippen LogP) is 4.80. The van der Waals surface area contributed by atoms with Crippen molar-refractivity contribution in [3.63, 3.8) is 0 Å². The molecule has 0 aliphatic carbocycles. The first-order valence-corrected chi connectivity index (χ1v) is 11.2. The van der Waals surface area contributed by atoms with Crippen molar-refractivity contribution in [3.05, 3.63) is 57.8 Å². The lowest BCUT2D eigenvalue weighted by atomic mass is 9.67. The van der Waals surface area contributed by atoms with Crippen LogP contribution in [0.5, 0.6) is 11.5 Å². The van der Waals surface area contributed by atoms with Crippen LogP contribution < -0.4 is 9.47 Å². The topological polar surface area (TPSA) is 48.0 Å². The summed E-state index contributed by atoms with van der Waals surface area (Å²) in [6, 6.07) is 7.77. The van der Waals surface area contributed by atoms with Gasteiger partial charge in [-0.1, -0.05) is 24.3 Å². The van der Waals surface area contributed by atoms with Crippen LogP contribution >= 0.6 is 11.3 Å². The third-order valence-electron chi connectivity index (χ3n) is 6.35. The Bertz CT molecular complexity index is 954. The minimum absolute atomic E-state index is 0.169. The summed E-state index contributed by atoms with van der Waals surface area (Å²) in [6.07, 6.45) is 1.04. The highest BCUT2D eigenvalue weighted by atomic mass is 32.1. The van der Waals surface area contributed by atoms with Gasteiger partial charge in [0.25, 0.3) is 0 Å². The van der Waals surface area contributed by atoms with Gasteiger partial charge in [0.2, 0.25) is 0 Å². The summed E-state index contributed by atoms with van der Waals surface area (Å²) in [4.78, 5) is 15.4. The number of ether oxygens (including phenoxy) is 3. The van der Waals surface area contributed by atoms with Gasteiger partial charge in [-0.25, -0.2) is 4.79 Å². The second-order valence-electron chi connectivity index (χ2n) is 8.41. The number of nitrogens with zero attached hydrogens (tertiary/aromatic N) is 1.